The number of nitrogens with zero attached hydrogens (tertiary/aromatic N) is 7. The first-order chi connectivity index (χ1) is 34.8. The molecule has 4 heterocycles. The maximum atomic E-state index is 12.8. The van der Waals surface area contributed by atoms with Gasteiger partial charge >= 0.3 is 0 Å². The number of carbonyl (C=O) groups is 2. The van der Waals surface area contributed by atoms with Gasteiger partial charge in [-0.2, -0.15) is 9.97 Å². The third-order valence-electron chi connectivity index (χ3n) is 11.6. The van der Waals surface area contributed by atoms with Gasteiger partial charge in [0, 0.05) is 98.1 Å². The van der Waals surface area contributed by atoms with Crippen molar-refractivity contribution in [2.45, 2.75) is 25.9 Å². The molecule has 0 saturated heterocycles. The van der Waals surface area contributed by atoms with Crippen molar-refractivity contribution in [2.75, 3.05) is 96.8 Å². The van der Waals surface area contributed by atoms with Gasteiger partial charge in [-0.3, -0.25) is 9.59 Å². The monoisotopic (exact) mass is 1030 g/mol. The van der Waals surface area contributed by atoms with Crippen molar-refractivity contribution in [1.29, 1.82) is 0 Å². The summed E-state index contributed by atoms with van der Waals surface area (Å²) in [5, 5.41) is 5.93. The van der Waals surface area contributed by atoms with Gasteiger partial charge in [0.05, 0.1) is 58.3 Å². The molecule has 8 aromatic rings. The van der Waals surface area contributed by atoms with E-state index in [1.54, 1.807) is 105 Å². The van der Waals surface area contributed by atoms with Crippen molar-refractivity contribution in [3.8, 4) is 23.0 Å². The number of hydrogen-bond donors (Lipinski definition) is 5. The lowest BCUT2D eigenvalue weighted by molar-refractivity contribution is 0.0821. The van der Waals surface area contributed by atoms with Crippen LogP contribution in [-0.2, 0) is 25.9 Å². The van der Waals surface area contributed by atoms with Gasteiger partial charge in [-0.05, 0) is 71.8 Å². The van der Waals surface area contributed by atoms with Crippen LogP contribution in [-0.4, -0.2) is 105 Å². The first-order valence-corrected chi connectivity index (χ1v) is 23.1. The predicted molar refractivity (Wildman–Crippen MR) is 284 cm³/mol. The molecule has 0 saturated carbocycles. The molecule has 0 aliphatic carbocycles. The molecule has 9 N–H and O–H groups in total. The Morgan fingerprint density at radius 1 is 0.603 bits per heavy atom. The summed E-state index contributed by atoms with van der Waals surface area (Å²) in [5.41, 5.74) is 30.0. The number of nitrogen functional groups attached to an aromatic ring is 4. The zero-order valence-electron chi connectivity index (χ0n) is 41.7. The van der Waals surface area contributed by atoms with E-state index in [-0.39, 0.29) is 23.7 Å². The van der Waals surface area contributed by atoms with Gasteiger partial charge in [-0.15, -0.1) is 0 Å². The molecule has 2 amide bonds. The van der Waals surface area contributed by atoms with E-state index in [9.17, 15) is 9.59 Å². The van der Waals surface area contributed by atoms with Gasteiger partial charge in [-0.1, -0.05) is 23.2 Å². The van der Waals surface area contributed by atoms with E-state index in [0.717, 1.165) is 21.9 Å². The zero-order valence-corrected chi connectivity index (χ0v) is 43.2. The molecule has 0 unspecified atom stereocenters. The van der Waals surface area contributed by atoms with Crippen molar-refractivity contribution in [1.82, 2.24) is 29.7 Å². The maximum Gasteiger partial charge on any atom is 0.255 e. The highest BCUT2D eigenvalue weighted by Crippen LogP contribution is 2.43. The van der Waals surface area contributed by atoms with Crippen LogP contribution in [0.15, 0.2) is 81.9 Å². The second-order valence-electron chi connectivity index (χ2n) is 17.0. The van der Waals surface area contributed by atoms with E-state index in [1.807, 2.05) is 36.2 Å². The normalized spacial score (nSPS) is 10.9. The molecular weight excluding hydrogens is 980 g/mol. The van der Waals surface area contributed by atoms with Crippen molar-refractivity contribution < 1.29 is 37.4 Å². The van der Waals surface area contributed by atoms with Crippen LogP contribution in [0.3, 0.4) is 0 Å². The molecule has 0 fully saturated rings. The van der Waals surface area contributed by atoms with Crippen LogP contribution in [0, 0.1) is 0 Å². The number of nitrogens with one attached hydrogen (secondary N) is 1. The molecule has 382 valence electrons. The predicted octanol–water partition coefficient (Wildman–Crippen LogP) is 7.95. The summed E-state index contributed by atoms with van der Waals surface area (Å²) in [7, 11) is 14.9. The Balaban J connectivity index is 0.000000214. The number of benzene rings is 4. The number of fused-ring (bicyclic) bond motifs is 2. The zero-order chi connectivity index (χ0) is 52.8. The number of halogens is 2. The first-order valence-electron chi connectivity index (χ1n) is 22.4. The van der Waals surface area contributed by atoms with Crippen LogP contribution in [0.2, 0.25) is 10.0 Å². The van der Waals surface area contributed by atoms with Crippen LogP contribution < -0.4 is 52.1 Å². The fourth-order valence-electron chi connectivity index (χ4n) is 8.06. The van der Waals surface area contributed by atoms with Crippen molar-refractivity contribution in [2.24, 2.45) is 0 Å². The number of rotatable bonds is 16. The van der Waals surface area contributed by atoms with Crippen LogP contribution in [0.4, 0.5) is 34.9 Å². The summed E-state index contributed by atoms with van der Waals surface area (Å²) in [6.45, 7) is 0.669. The van der Waals surface area contributed by atoms with E-state index < -0.39 is 0 Å². The fraction of sp³-hybridized carbons (Fsp3) is 0.255. The smallest absolute Gasteiger partial charge is 0.255 e. The third kappa shape index (κ3) is 11.6. The molecule has 0 aliphatic rings. The lowest BCUT2D eigenvalue weighted by Gasteiger charge is -2.22. The van der Waals surface area contributed by atoms with Crippen LogP contribution in [0.25, 0.3) is 21.9 Å². The van der Waals surface area contributed by atoms with E-state index >= 15 is 0 Å². The molecule has 20 nitrogen and oxygen atoms in total. The van der Waals surface area contributed by atoms with Crippen LogP contribution >= 0.6 is 23.2 Å². The highest BCUT2D eigenvalue weighted by atomic mass is 35.5. The fourth-order valence-corrected chi connectivity index (χ4v) is 8.39. The number of anilines is 6. The molecule has 4 aromatic carbocycles. The Labute approximate surface area is 431 Å². The minimum Gasteiger partial charge on any atom is -0.493 e. The summed E-state index contributed by atoms with van der Waals surface area (Å²) in [5.74, 6) is 3.79. The molecule has 0 aliphatic heterocycles. The Bertz CT molecular complexity index is 3340. The minimum absolute atomic E-state index is 0.111. The second kappa shape index (κ2) is 22.4. The number of hydrogen-bond acceptors (Lipinski definition) is 18. The van der Waals surface area contributed by atoms with E-state index in [1.165, 1.54) is 9.80 Å². The average molecular weight is 1040 g/mol. The van der Waals surface area contributed by atoms with Crippen LogP contribution in [0.5, 0.6) is 23.0 Å². The van der Waals surface area contributed by atoms with Crippen molar-refractivity contribution >= 4 is 91.9 Å². The molecule has 0 radical (unpaired) electrons. The highest BCUT2D eigenvalue weighted by molar-refractivity contribution is 6.31. The summed E-state index contributed by atoms with van der Waals surface area (Å²) in [4.78, 5) is 46.6. The lowest BCUT2D eigenvalue weighted by Crippen LogP contribution is -2.25. The highest BCUT2D eigenvalue weighted by Gasteiger charge is 2.24. The lowest BCUT2D eigenvalue weighted by atomic mass is 10.0. The molecular formula is C51H56Cl2N12O8. The number of amides is 2. The molecule has 0 atom stereocenters. The second-order valence-corrected chi connectivity index (χ2v) is 17.9. The van der Waals surface area contributed by atoms with Gasteiger partial charge in [0.25, 0.3) is 11.8 Å². The summed E-state index contributed by atoms with van der Waals surface area (Å²) in [6.07, 6.45) is 4.06. The van der Waals surface area contributed by atoms with Gasteiger partial charge in [0.15, 0.2) is 22.7 Å². The van der Waals surface area contributed by atoms with Crippen molar-refractivity contribution in [3.63, 3.8) is 0 Å². The SMILES string of the molecule is COc1cc(Cc2cnc(N)nc2N)c2cc(CN(C)c3cc(Cl)ccc3C(=O)N(C)C)oc2c1OC.COc1cc(Cc2cnc(N)nc2N)c2cc(CNc3ccc(Cl)cc3C(=O)N(C)C)oc2c1OC. The number of carbonyl (C=O) groups excluding carboxylic acids is 2. The summed E-state index contributed by atoms with van der Waals surface area (Å²) < 4.78 is 34.8. The molecule has 4 aromatic heterocycles. The Morgan fingerprint density at radius 2 is 1.08 bits per heavy atom. The van der Waals surface area contributed by atoms with E-state index in [0.29, 0.717) is 127 Å². The quantitative estimate of drug-likeness (QED) is 0.0614. The Kier molecular flexibility index (Phi) is 16.1. The maximum absolute atomic E-state index is 12.8. The molecule has 73 heavy (non-hydrogen) atoms. The van der Waals surface area contributed by atoms with E-state index in [2.05, 4.69) is 25.3 Å². The summed E-state index contributed by atoms with van der Waals surface area (Å²) in [6, 6.07) is 17.9. The number of furan rings is 2. The van der Waals surface area contributed by atoms with Gasteiger partial charge in [0.1, 0.15) is 23.2 Å². The molecule has 8 rings (SSSR count). The largest absolute Gasteiger partial charge is 0.493 e. The molecule has 0 bridgehead atoms. The first kappa shape index (κ1) is 52.5. The Hall–Kier alpha value is -8.36. The molecule has 22 heteroatoms. The third-order valence-corrected chi connectivity index (χ3v) is 12.1. The number of nitrogens with two attached hydrogens (primary N) is 4. The minimum atomic E-state index is -0.165. The standard InChI is InChI=1S/C26H29ClN6O4.C25H27ClN6O4/c1-32(2)25(34)18-7-6-16(27)10-20(18)33(3)13-17-11-19-14(8-15-12-30-26(29)31-24(15)28)9-21(35-4)23(36-5)22(19)37-17;1-32(2)24(33)18-9-15(26)5-6-19(18)29-12-16-10-17-13(7-14-11-30-25(28)31-23(14)27)8-20(34-3)22(35-4)21(17)36-16/h6-7,9-12H,8,13H2,1-5H3,(H4,28,29,30,31);5-6,8-11,29H,7,12H2,1-4H3,(H4,27,28,30,31). The average Bonchev–Trinajstić information content (AvgIpc) is 3.99. The van der Waals surface area contributed by atoms with Gasteiger partial charge in [0.2, 0.25) is 23.4 Å². The number of aromatic nitrogens is 4. The van der Waals surface area contributed by atoms with E-state index in [4.69, 9.17) is 73.9 Å². The number of methoxy groups -OCH3 is 4. The van der Waals surface area contributed by atoms with Gasteiger partial charge in [-0.25, -0.2) is 9.97 Å². The van der Waals surface area contributed by atoms with Crippen LogP contribution in [0.1, 0.15) is 54.5 Å². The Morgan fingerprint density at radius 3 is 1.58 bits per heavy atom. The van der Waals surface area contributed by atoms with Crippen molar-refractivity contribution in [3.05, 3.63) is 128 Å². The van der Waals surface area contributed by atoms with Gasteiger partial charge < -0.3 is 70.7 Å². The summed E-state index contributed by atoms with van der Waals surface area (Å²) >= 11 is 12.4. The topological polar surface area (TPSA) is 275 Å². The number of ether oxygens (including phenoxy) is 4. The molecule has 0 spiro atoms.